The normalized spacial score (nSPS) is 22.8. The quantitative estimate of drug-likeness (QED) is 0.818. The van der Waals surface area contributed by atoms with Gasteiger partial charge in [-0.25, -0.2) is 0 Å². The Balaban J connectivity index is 2.15. The smallest absolute Gasteiger partial charge is 0.310 e. The van der Waals surface area contributed by atoms with Crippen LogP contribution in [0.15, 0.2) is 24.3 Å². The van der Waals surface area contributed by atoms with E-state index in [0.29, 0.717) is 6.61 Å². The number of carbonyl (C=O) groups excluding carboxylic acids is 1. The average molecular weight is 262 g/mol. The molecule has 4 heteroatoms. The van der Waals surface area contributed by atoms with Crippen molar-refractivity contribution in [3.8, 4) is 0 Å². The lowest BCUT2D eigenvalue weighted by molar-refractivity contribution is -0.150. The molecule has 1 saturated heterocycles. The molecule has 4 nitrogen and oxygen atoms in total. The van der Waals surface area contributed by atoms with Crippen molar-refractivity contribution >= 4 is 11.7 Å². The molecule has 1 aliphatic heterocycles. The van der Waals surface area contributed by atoms with Gasteiger partial charge in [0.2, 0.25) is 0 Å². The number of esters is 1. The van der Waals surface area contributed by atoms with Crippen LogP contribution in [0.1, 0.15) is 31.4 Å². The van der Waals surface area contributed by atoms with Crippen molar-refractivity contribution in [3.63, 3.8) is 0 Å². The molecule has 0 bridgehead atoms. The van der Waals surface area contributed by atoms with Crippen LogP contribution in [0.25, 0.3) is 0 Å². The predicted octanol–water partition coefficient (Wildman–Crippen LogP) is 2.33. The lowest BCUT2D eigenvalue weighted by Crippen LogP contribution is -2.39. The Hall–Kier alpha value is -1.55. The van der Waals surface area contributed by atoms with Crippen LogP contribution in [0.2, 0.25) is 0 Å². The fourth-order valence-electron chi connectivity index (χ4n) is 2.60. The third-order valence-electron chi connectivity index (χ3n) is 3.61. The number of piperidine rings is 1. The summed E-state index contributed by atoms with van der Waals surface area (Å²) in [7, 11) is 1.90. The van der Waals surface area contributed by atoms with E-state index in [2.05, 4.69) is 22.8 Å². The van der Waals surface area contributed by atoms with E-state index in [1.54, 1.807) is 0 Å². The maximum Gasteiger partial charge on any atom is 0.310 e. The van der Waals surface area contributed by atoms with Crippen LogP contribution in [-0.2, 0) is 9.53 Å². The van der Waals surface area contributed by atoms with Crippen LogP contribution >= 0.6 is 0 Å². The lowest BCUT2D eigenvalue weighted by atomic mass is 9.86. The zero-order chi connectivity index (χ0) is 13.7. The summed E-state index contributed by atoms with van der Waals surface area (Å²) in [4.78, 5) is 12.0. The zero-order valence-electron chi connectivity index (χ0n) is 11.6. The molecule has 1 aromatic carbocycles. The highest BCUT2D eigenvalue weighted by molar-refractivity contribution is 5.73. The number of carbonyl (C=O) groups is 1. The van der Waals surface area contributed by atoms with E-state index in [1.165, 1.54) is 0 Å². The van der Waals surface area contributed by atoms with Crippen LogP contribution in [-0.4, -0.2) is 26.2 Å². The zero-order valence-corrected chi connectivity index (χ0v) is 11.6. The summed E-state index contributed by atoms with van der Waals surface area (Å²) >= 11 is 0. The third kappa shape index (κ3) is 3.26. The molecule has 2 unspecified atom stereocenters. The van der Waals surface area contributed by atoms with Gasteiger partial charge in [0.05, 0.1) is 12.5 Å². The van der Waals surface area contributed by atoms with E-state index in [-0.39, 0.29) is 17.9 Å². The standard InChI is InChI=1S/C15H22N2O2/c1-3-19-15(18)13-5-4-10-17-14(13)11-6-8-12(16-2)9-7-11/h6-9,13-14,16-17H,3-5,10H2,1-2H3. The second kappa shape index (κ2) is 6.57. The molecule has 2 atom stereocenters. The molecule has 0 spiro atoms. The molecule has 0 saturated carbocycles. The SMILES string of the molecule is CCOC(=O)C1CCCNC1c1ccc(NC)cc1. The first-order valence-electron chi connectivity index (χ1n) is 6.94. The number of benzene rings is 1. The average Bonchev–Trinajstić information content (AvgIpc) is 2.47. The highest BCUT2D eigenvalue weighted by Gasteiger charge is 2.32. The summed E-state index contributed by atoms with van der Waals surface area (Å²) in [5.74, 6) is -0.161. The van der Waals surface area contributed by atoms with Crippen LogP contribution < -0.4 is 10.6 Å². The summed E-state index contributed by atoms with van der Waals surface area (Å²) in [5, 5.41) is 6.54. The van der Waals surface area contributed by atoms with Gasteiger partial charge in [0.1, 0.15) is 0 Å². The van der Waals surface area contributed by atoms with Crippen LogP contribution in [0.5, 0.6) is 0 Å². The van der Waals surface area contributed by atoms with Gasteiger partial charge in [0.15, 0.2) is 0 Å². The Kier molecular flexibility index (Phi) is 4.80. The molecule has 2 rings (SSSR count). The number of hydrogen-bond donors (Lipinski definition) is 2. The van der Waals surface area contributed by atoms with E-state index in [4.69, 9.17) is 4.74 Å². The summed E-state index contributed by atoms with van der Waals surface area (Å²) < 4.78 is 5.19. The molecule has 1 aliphatic rings. The van der Waals surface area contributed by atoms with Gasteiger partial charge in [-0.3, -0.25) is 4.79 Å². The van der Waals surface area contributed by atoms with Crippen molar-refractivity contribution in [2.75, 3.05) is 25.5 Å². The highest BCUT2D eigenvalue weighted by atomic mass is 16.5. The molecule has 0 aliphatic carbocycles. The van der Waals surface area contributed by atoms with Gasteiger partial charge in [-0.15, -0.1) is 0 Å². The second-order valence-corrected chi connectivity index (χ2v) is 4.80. The molecule has 0 amide bonds. The maximum absolute atomic E-state index is 12.0. The van der Waals surface area contributed by atoms with Crippen LogP contribution in [0.3, 0.4) is 0 Å². The molecular formula is C15H22N2O2. The fourth-order valence-corrected chi connectivity index (χ4v) is 2.60. The highest BCUT2D eigenvalue weighted by Crippen LogP contribution is 2.30. The Labute approximate surface area is 114 Å². The molecular weight excluding hydrogens is 240 g/mol. The minimum Gasteiger partial charge on any atom is -0.466 e. The number of nitrogens with one attached hydrogen (secondary N) is 2. The molecule has 1 fully saturated rings. The molecule has 19 heavy (non-hydrogen) atoms. The van der Waals surface area contributed by atoms with Gasteiger partial charge in [-0.05, 0) is 44.0 Å². The third-order valence-corrected chi connectivity index (χ3v) is 3.61. The van der Waals surface area contributed by atoms with E-state index >= 15 is 0 Å². The van der Waals surface area contributed by atoms with Gasteiger partial charge in [0.25, 0.3) is 0 Å². The molecule has 1 aromatic rings. The number of anilines is 1. The van der Waals surface area contributed by atoms with Crippen molar-refractivity contribution in [3.05, 3.63) is 29.8 Å². The summed E-state index contributed by atoms with van der Waals surface area (Å²) in [6.07, 6.45) is 1.92. The van der Waals surface area contributed by atoms with Crippen molar-refractivity contribution in [2.45, 2.75) is 25.8 Å². The molecule has 104 valence electrons. The van der Waals surface area contributed by atoms with Crippen molar-refractivity contribution in [2.24, 2.45) is 5.92 Å². The summed E-state index contributed by atoms with van der Waals surface area (Å²) in [6.45, 7) is 3.25. The van der Waals surface area contributed by atoms with Gasteiger partial charge >= 0.3 is 5.97 Å². The first-order chi connectivity index (χ1) is 9.26. The predicted molar refractivity (Wildman–Crippen MR) is 76.1 cm³/mol. The van der Waals surface area contributed by atoms with Crippen LogP contribution in [0, 0.1) is 5.92 Å². The molecule has 0 radical (unpaired) electrons. The number of hydrogen-bond acceptors (Lipinski definition) is 4. The minimum absolute atomic E-state index is 0.0682. The topological polar surface area (TPSA) is 50.4 Å². The van der Waals surface area contributed by atoms with Crippen molar-refractivity contribution in [1.82, 2.24) is 5.32 Å². The van der Waals surface area contributed by atoms with Gasteiger partial charge in [-0.1, -0.05) is 12.1 Å². The Morgan fingerprint density at radius 3 is 2.79 bits per heavy atom. The first-order valence-corrected chi connectivity index (χ1v) is 6.94. The molecule has 1 heterocycles. The van der Waals surface area contributed by atoms with Gasteiger partial charge < -0.3 is 15.4 Å². The van der Waals surface area contributed by atoms with Crippen molar-refractivity contribution in [1.29, 1.82) is 0 Å². The monoisotopic (exact) mass is 262 g/mol. The second-order valence-electron chi connectivity index (χ2n) is 4.80. The van der Waals surface area contributed by atoms with Crippen LogP contribution in [0.4, 0.5) is 5.69 Å². The van der Waals surface area contributed by atoms with Crippen molar-refractivity contribution < 1.29 is 9.53 Å². The Morgan fingerprint density at radius 2 is 2.16 bits per heavy atom. The number of rotatable bonds is 4. The molecule has 0 aromatic heterocycles. The minimum atomic E-state index is -0.0857. The lowest BCUT2D eigenvalue weighted by Gasteiger charge is -2.31. The first kappa shape index (κ1) is 13.9. The van der Waals surface area contributed by atoms with Gasteiger partial charge in [-0.2, -0.15) is 0 Å². The van der Waals surface area contributed by atoms with E-state index in [0.717, 1.165) is 30.6 Å². The van der Waals surface area contributed by atoms with Gasteiger partial charge in [0, 0.05) is 18.8 Å². The Morgan fingerprint density at radius 1 is 1.42 bits per heavy atom. The maximum atomic E-state index is 12.0. The summed E-state index contributed by atoms with van der Waals surface area (Å²) in [5.41, 5.74) is 2.23. The fraction of sp³-hybridized carbons (Fsp3) is 0.533. The summed E-state index contributed by atoms with van der Waals surface area (Å²) in [6, 6.07) is 8.28. The van der Waals surface area contributed by atoms with E-state index in [1.807, 2.05) is 26.1 Å². The largest absolute Gasteiger partial charge is 0.466 e. The number of ether oxygens (including phenoxy) is 1. The van der Waals surface area contributed by atoms with E-state index in [9.17, 15) is 4.79 Å². The molecule has 2 N–H and O–H groups in total. The Bertz CT molecular complexity index is 417. The van der Waals surface area contributed by atoms with E-state index < -0.39 is 0 Å².